The van der Waals surface area contributed by atoms with E-state index in [1.54, 1.807) is 0 Å². The third-order valence-corrected chi connectivity index (χ3v) is 4.70. The highest BCUT2D eigenvalue weighted by molar-refractivity contribution is 5.63. The van der Waals surface area contributed by atoms with Crippen molar-refractivity contribution >= 4 is 11.5 Å². The van der Waals surface area contributed by atoms with Gasteiger partial charge in [-0.25, -0.2) is 9.50 Å². The van der Waals surface area contributed by atoms with Crippen molar-refractivity contribution in [3.63, 3.8) is 0 Å². The summed E-state index contributed by atoms with van der Waals surface area (Å²) in [6, 6.07) is 0.915. The highest BCUT2D eigenvalue weighted by atomic mass is 16.5. The number of ether oxygens (including phenoxy) is 1. The van der Waals surface area contributed by atoms with Gasteiger partial charge in [0.1, 0.15) is 6.10 Å². The number of rotatable bonds is 2. The van der Waals surface area contributed by atoms with Crippen LogP contribution in [-0.4, -0.2) is 32.8 Å². The van der Waals surface area contributed by atoms with Crippen LogP contribution in [0.2, 0.25) is 0 Å². The van der Waals surface area contributed by atoms with E-state index in [9.17, 15) is 0 Å². The van der Waals surface area contributed by atoms with Gasteiger partial charge in [0.15, 0.2) is 17.2 Å². The maximum atomic E-state index is 6.12. The van der Waals surface area contributed by atoms with Crippen LogP contribution in [0.15, 0.2) is 12.4 Å². The van der Waals surface area contributed by atoms with Gasteiger partial charge in [-0.2, -0.15) is 5.10 Å². The Morgan fingerprint density at radius 3 is 2.67 bits per heavy atom. The van der Waals surface area contributed by atoms with Crippen LogP contribution < -0.4 is 9.64 Å². The highest BCUT2D eigenvalue weighted by Gasteiger charge is 2.44. The van der Waals surface area contributed by atoms with E-state index in [0.29, 0.717) is 24.1 Å². The number of fused-ring (bicyclic) bond motifs is 3. The molecule has 2 aliphatic rings. The summed E-state index contributed by atoms with van der Waals surface area (Å²) < 4.78 is 7.98. The molecular weight excluding hydrogens is 264 g/mol. The van der Waals surface area contributed by atoms with Gasteiger partial charge in [-0.1, -0.05) is 13.8 Å². The molecule has 1 aliphatic carbocycles. The maximum absolute atomic E-state index is 6.12. The molecule has 5 heteroatoms. The third kappa shape index (κ3) is 1.76. The molecule has 112 valence electrons. The standard InChI is InChI=1S/C16H22N4O/c1-9(2)11-7-17-19-8-14-16(18-15(11)19)20(10(3)4)12-5-6-13(12)21-14/h7-10,12-13H,5-6H2,1-4H3/t12-,13+/m1/s1. The SMILES string of the molecule is CC(C)c1cnn2cc3c(nc12)N(C(C)C)[C@@H]1CC[C@@H]1O3. The summed E-state index contributed by atoms with van der Waals surface area (Å²) in [6.45, 7) is 8.82. The monoisotopic (exact) mass is 286 g/mol. The van der Waals surface area contributed by atoms with Crippen LogP contribution in [0.1, 0.15) is 52.0 Å². The predicted molar refractivity (Wildman–Crippen MR) is 82.1 cm³/mol. The smallest absolute Gasteiger partial charge is 0.180 e. The first-order chi connectivity index (χ1) is 10.1. The molecular formula is C16H22N4O. The van der Waals surface area contributed by atoms with Crippen LogP contribution in [0.5, 0.6) is 5.75 Å². The molecule has 4 rings (SSSR count). The van der Waals surface area contributed by atoms with E-state index < -0.39 is 0 Å². The molecule has 0 unspecified atom stereocenters. The van der Waals surface area contributed by atoms with Crippen LogP contribution >= 0.6 is 0 Å². The predicted octanol–water partition coefficient (Wildman–Crippen LogP) is 2.99. The molecule has 1 aliphatic heterocycles. The van der Waals surface area contributed by atoms with Gasteiger partial charge in [0.05, 0.1) is 18.4 Å². The summed E-state index contributed by atoms with van der Waals surface area (Å²) in [7, 11) is 0. The van der Waals surface area contributed by atoms with Crippen molar-refractivity contribution in [1.82, 2.24) is 14.6 Å². The van der Waals surface area contributed by atoms with Crippen LogP contribution in [0.4, 0.5) is 5.82 Å². The lowest BCUT2D eigenvalue weighted by Gasteiger charge is -2.50. The fraction of sp³-hybridized carbons (Fsp3) is 0.625. The molecule has 21 heavy (non-hydrogen) atoms. The first-order valence-corrected chi connectivity index (χ1v) is 7.89. The van der Waals surface area contributed by atoms with Crippen molar-refractivity contribution in [2.45, 2.75) is 64.6 Å². The Labute approximate surface area is 124 Å². The van der Waals surface area contributed by atoms with E-state index in [-0.39, 0.29) is 0 Å². The second kappa shape index (κ2) is 4.36. The minimum Gasteiger partial charge on any atom is -0.483 e. The lowest BCUT2D eigenvalue weighted by molar-refractivity contribution is 0.0689. The first kappa shape index (κ1) is 12.9. The minimum atomic E-state index is 0.319. The normalized spacial score (nSPS) is 24.0. The topological polar surface area (TPSA) is 42.7 Å². The first-order valence-electron chi connectivity index (χ1n) is 7.89. The average molecular weight is 286 g/mol. The average Bonchev–Trinajstić information content (AvgIpc) is 2.81. The number of nitrogens with zero attached hydrogens (tertiary/aromatic N) is 4. The zero-order valence-electron chi connectivity index (χ0n) is 13.1. The van der Waals surface area contributed by atoms with Gasteiger partial charge in [0.25, 0.3) is 0 Å². The van der Waals surface area contributed by atoms with Gasteiger partial charge >= 0.3 is 0 Å². The van der Waals surface area contributed by atoms with E-state index in [4.69, 9.17) is 9.72 Å². The largest absolute Gasteiger partial charge is 0.483 e. The van der Waals surface area contributed by atoms with Crippen LogP contribution in [0.3, 0.4) is 0 Å². The molecule has 0 spiro atoms. The van der Waals surface area contributed by atoms with E-state index >= 15 is 0 Å². The van der Waals surface area contributed by atoms with Crippen LogP contribution in [0, 0.1) is 0 Å². The summed E-state index contributed by atoms with van der Waals surface area (Å²) in [6.07, 6.45) is 6.58. The van der Waals surface area contributed by atoms with Crippen molar-refractivity contribution in [1.29, 1.82) is 0 Å². The van der Waals surface area contributed by atoms with Gasteiger partial charge in [0.2, 0.25) is 0 Å². The molecule has 0 saturated heterocycles. The van der Waals surface area contributed by atoms with Crippen molar-refractivity contribution in [3.8, 4) is 5.75 Å². The molecule has 5 nitrogen and oxygen atoms in total. The zero-order chi connectivity index (χ0) is 14.7. The Kier molecular flexibility index (Phi) is 2.68. The molecule has 0 amide bonds. The molecule has 3 heterocycles. The third-order valence-electron chi connectivity index (χ3n) is 4.70. The Morgan fingerprint density at radius 2 is 2.05 bits per heavy atom. The summed E-state index contributed by atoms with van der Waals surface area (Å²) in [4.78, 5) is 7.35. The molecule has 2 aromatic heterocycles. The number of anilines is 1. The fourth-order valence-electron chi connectivity index (χ4n) is 3.43. The van der Waals surface area contributed by atoms with Crippen LogP contribution in [0.25, 0.3) is 5.65 Å². The van der Waals surface area contributed by atoms with Crippen molar-refractivity contribution in [2.24, 2.45) is 0 Å². The van der Waals surface area contributed by atoms with Crippen molar-refractivity contribution < 1.29 is 4.74 Å². The van der Waals surface area contributed by atoms with E-state index in [1.807, 2.05) is 16.9 Å². The molecule has 1 fully saturated rings. The second-order valence-electron chi connectivity index (χ2n) is 6.75. The highest BCUT2D eigenvalue weighted by Crippen LogP contribution is 2.43. The minimum absolute atomic E-state index is 0.319. The number of hydrogen-bond acceptors (Lipinski definition) is 4. The lowest BCUT2D eigenvalue weighted by Crippen LogP contribution is -2.58. The van der Waals surface area contributed by atoms with Gasteiger partial charge in [-0.15, -0.1) is 0 Å². The van der Waals surface area contributed by atoms with Gasteiger partial charge in [0, 0.05) is 11.6 Å². The molecule has 0 radical (unpaired) electrons. The number of aromatic nitrogens is 3. The summed E-state index contributed by atoms with van der Waals surface area (Å²) >= 11 is 0. The van der Waals surface area contributed by atoms with Crippen LogP contribution in [-0.2, 0) is 0 Å². The summed E-state index contributed by atoms with van der Waals surface area (Å²) in [5, 5.41) is 4.44. The fourth-order valence-corrected chi connectivity index (χ4v) is 3.43. The van der Waals surface area contributed by atoms with E-state index in [1.165, 1.54) is 12.0 Å². The Bertz CT molecular complexity index is 691. The van der Waals surface area contributed by atoms with Crippen molar-refractivity contribution in [2.75, 3.05) is 4.90 Å². The quantitative estimate of drug-likeness (QED) is 0.851. The molecule has 0 bridgehead atoms. The number of hydrogen-bond donors (Lipinski definition) is 0. The zero-order valence-corrected chi connectivity index (χ0v) is 13.1. The Hall–Kier alpha value is -1.78. The second-order valence-corrected chi connectivity index (χ2v) is 6.75. The van der Waals surface area contributed by atoms with Gasteiger partial charge in [-0.3, -0.25) is 0 Å². The molecule has 0 aromatic carbocycles. The Morgan fingerprint density at radius 1 is 1.24 bits per heavy atom. The van der Waals surface area contributed by atoms with E-state index in [0.717, 1.165) is 23.6 Å². The molecule has 2 aromatic rings. The molecule has 1 saturated carbocycles. The lowest BCUT2D eigenvalue weighted by atomic mass is 9.85. The van der Waals surface area contributed by atoms with Gasteiger partial charge in [-0.05, 0) is 32.6 Å². The summed E-state index contributed by atoms with van der Waals surface area (Å²) in [5.41, 5.74) is 2.15. The van der Waals surface area contributed by atoms with Gasteiger partial charge < -0.3 is 9.64 Å². The molecule has 2 atom stereocenters. The Balaban J connectivity index is 1.90. The maximum Gasteiger partial charge on any atom is 0.180 e. The summed E-state index contributed by atoms with van der Waals surface area (Å²) in [5.74, 6) is 2.28. The van der Waals surface area contributed by atoms with E-state index in [2.05, 4.69) is 37.7 Å². The van der Waals surface area contributed by atoms with Crippen molar-refractivity contribution in [3.05, 3.63) is 18.0 Å². The molecule has 0 N–H and O–H groups in total.